The van der Waals surface area contributed by atoms with Crippen molar-refractivity contribution in [1.82, 2.24) is 0 Å². The predicted molar refractivity (Wildman–Crippen MR) is 64.6 cm³/mol. The van der Waals surface area contributed by atoms with Crippen LogP contribution in [0.4, 0.5) is 5.69 Å². The monoisotopic (exact) mass is 221 g/mol. The highest BCUT2D eigenvalue weighted by molar-refractivity contribution is 5.56. The largest absolute Gasteiger partial charge is 0.394 e. The lowest BCUT2D eigenvalue weighted by atomic mass is 10.1. The quantitative estimate of drug-likeness (QED) is 0.812. The molecule has 1 saturated heterocycles. The molecule has 3 nitrogen and oxygen atoms in total. The van der Waals surface area contributed by atoms with Gasteiger partial charge in [0.15, 0.2) is 0 Å². The van der Waals surface area contributed by atoms with Crippen LogP contribution in [0.3, 0.4) is 0 Å². The minimum atomic E-state index is 0.0612. The molecule has 2 rings (SSSR count). The first-order chi connectivity index (χ1) is 7.76. The molecule has 0 aromatic heterocycles. The molecule has 2 N–H and O–H groups in total. The van der Waals surface area contributed by atoms with E-state index in [2.05, 4.69) is 17.0 Å². The summed E-state index contributed by atoms with van der Waals surface area (Å²) >= 11 is 0. The zero-order valence-electron chi connectivity index (χ0n) is 9.69. The molecule has 1 aliphatic rings. The van der Waals surface area contributed by atoms with Gasteiger partial charge >= 0.3 is 0 Å². The van der Waals surface area contributed by atoms with E-state index < -0.39 is 0 Å². The Labute approximate surface area is 96.3 Å². The van der Waals surface area contributed by atoms with Gasteiger partial charge in [-0.3, -0.25) is 0 Å². The standard InChI is InChI=1S/C13H19NO2/c1-10-4-5-13(11(7-10)8-15)14-6-2-3-12(14)9-16/h4-5,7,12,15-16H,2-3,6,8-9H2,1H3. The second-order valence-corrected chi connectivity index (χ2v) is 4.46. The van der Waals surface area contributed by atoms with Crippen molar-refractivity contribution in [3.63, 3.8) is 0 Å². The number of hydrogen-bond acceptors (Lipinski definition) is 3. The molecule has 3 heteroatoms. The van der Waals surface area contributed by atoms with Crippen LogP contribution < -0.4 is 4.90 Å². The van der Waals surface area contributed by atoms with Crippen LogP contribution in [0, 0.1) is 6.92 Å². The van der Waals surface area contributed by atoms with E-state index in [-0.39, 0.29) is 19.3 Å². The molecular weight excluding hydrogens is 202 g/mol. The Morgan fingerprint density at radius 3 is 2.88 bits per heavy atom. The topological polar surface area (TPSA) is 43.7 Å². The Morgan fingerprint density at radius 1 is 1.38 bits per heavy atom. The summed E-state index contributed by atoms with van der Waals surface area (Å²) in [4.78, 5) is 2.21. The molecule has 1 aromatic rings. The van der Waals surface area contributed by atoms with Gasteiger partial charge < -0.3 is 15.1 Å². The summed E-state index contributed by atoms with van der Waals surface area (Å²) in [5.74, 6) is 0. The maximum absolute atomic E-state index is 9.37. The zero-order valence-corrected chi connectivity index (χ0v) is 9.69. The third-order valence-corrected chi connectivity index (χ3v) is 3.30. The van der Waals surface area contributed by atoms with Gasteiger partial charge in [0.25, 0.3) is 0 Å². The van der Waals surface area contributed by atoms with Gasteiger partial charge in [-0.15, -0.1) is 0 Å². The Kier molecular flexibility index (Phi) is 3.46. The maximum atomic E-state index is 9.37. The van der Waals surface area contributed by atoms with Gasteiger partial charge in [-0.25, -0.2) is 0 Å². The van der Waals surface area contributed by atoms with Gasteiger partial charge in [0, 0.05) is 17.8 Å². The van der Waals surface area contributed by atoms with E-state index in [1.165, 1.54) is 0 Å². The number of nitrogens with zero attached hydrogens (tertiary/aromatic N) is 1. The van der Waals surface area contributed by atoms with Gasteiger partial charge in [-0.2, -0.15) is 0 Å². The molecule has 1 atom stereocenters. The van der Waals surface area contributed by atoms with Gasteiger partial charge in [0.05, 0.1) is 19.3 Å². The SMILES string of the molecule is Cc1ccc(N2CCCC2CO)c(CO)c1. The van der Waals surface area contributed by atoms with Crippen molar-refractivity contribution in [2.75, 3.05) is 18.1 Å². The second kappa shape index (κ2) is 4.85. The first-order valence-corrected chi connectivity index (χ1v) is 5.84. The number of aliphatic hydroxyl groups excluding tert-OH is 2. The molecule has 0 spiro atoms. The number of hydrogen-bond donors (Lipinski definition) is 2. The van der Waals surface area contributed by atoms with Gasteiger partial charge in [-0.1, -0.05) is 17.7 Å². The Bertz CT molecular complexity index is 365. The molecule has 1 fully saturated rings. The van der Waals surface area contributed by atoms with Crippen molar-refractivity contribution in [2.24, 2.45) is 0 Å². The summed E-state index contributed by atoms with van der Waals surface area (Å²) < 4.78 is 0. The van der Waals surface area contributed by atoms with E-state index in [4.69, 9.17) is 0 Å². The molecule has 0 radical (unpaired) electrons. The molecule has 0 bridgehead atoms. The molecule has 1 unspecified atom stereocenters. The third-order valence-electron chi connectivity index (χ3n) is 3.30. The Hall–Kier alpha value is -1.06. The van der Waals surface area contributed by atoms with E-state index in [0.717, 1.165) is 36.2 Å². The number of benzene rings is 1. The summed E-state index contributed by atoms with van der Waals surface area (Å²) in [6, 6.07) is 6.34. The van der Waals surface area contributed by atoms with Gasteiger partial charge in [0.1, 0.15) is 0 Å². The lowest BCUT2D eigenvalue weighted by Crippen LogP contribution is -2.32. The van der Waals surface area contributed by atoms with Crippen LogP contribution in [0.2, 0.25) is 0 Å². The third kappa shape index (κ3) is 2.06. The Morgan fingerprint density at radius 2 is 2.19 bits per heavy atom. The number of aryl methyl sites for hydroxylation is 1. The highest BCUT2D eigenvalue weighted by Gasteiger charge is 2.25. The highest BCUT2D eigenvalue weighted by Crippen LogP contribution is 2.29. The smallest absolute Gasteiger partial charge is 0.0702 e. The second-order valence-electron chi connectivity index (χ2n) is 4.46. The van der Waals surface area contributed by atoms with Crippen LogP contribution in [-0.2, 0) is 6.61 Å². The normalized spacial score (nSPS) is 20.4. The number of anilines is 1. The van der Waals surface area contributed by atoms with Crippen molar-refractivity contribution in [3.8, 4) is 0 Å². The van der Waals surface area contributed by atoms with Crippen molar-refractivity contribution in [3.05, 3.63) is 29.3 Å². The van der Waals surface area contributed by atoms with Crippen LogP contribution >= 0.6 is 0 Å². The average Bonchev–Trinajstić information content (AvgIpc) is 2.76. The summed E-state index contributed by atoms with van der Waals surface area (Å²) in [7, 11) is 0. The minimum Gasteiger partial charge on any atom is -0.394 e. The molecule has 0 aliphatic carbocycles. The van der Waals surface area contributed by atoms with Crippen LogP contribution in [-0.4, -0.2) is 29.4 Å². The fourth-order valence-electron chi connectivity index (χ4n) is 2.46. The van der Waals surface area contributed by atoms with Crippen molar-refractivity contribution in [2.45, 2.75) is 32.4 Å². The first-order valence-electron chi connectivity index (χ1n) is 5.84. The van der Waals surface area contributed by atoms with Gasteiger partial charge in [-0.05, 0) is 25.8 Å². The molecule has 1 aliphatic heterocycles. The maximum Gasteiger partial charge on any atom is 0.0702 e. The van der Waals surface area contributed by atoms with Gasteiger partial charge in [0.2, 0.25) is 0 Å². The molecule has 0 saturated carbocycles. The van der Waals surface area contributed by atoms with E-state index in [0.29, 0.717) is 0 Å². The molecule has 1 aromatic carbocycles. The molecule has 1 heterocycles. The Balaban J connectivity index is 2.31. The number of aliphatic hydroxyl groups is 2. The minimum absolute atomic E-state index is 0.0612. The van der Waals surface area contributed by atoms with E-state index >= 15 is 0 Å². The van der Waals surface area contributed by atoms with Crippen LogP contribution in [0.15, 0.2) is 18.2 Å². The van der Waals surface area contributed by atoms with Crippen molar-refractivity contribution in [1.29, 1.82) is 0 Å². The fraction of sp³-hybridized carbons (Fsp3) is 0.538. The summed E-state index contributed by atoms with van der Waals surface area (Å²) in [5, 5.41) is 18.7. The molecule has 88 valence electrons. The van der Waals surface area contributed by atoms with Crippen molar-refractivity contribution >= 4 is 5.69 Å². The molecule has 0 amide bonds. The van der Waals surface area contributed by atoms with Crippen LogP contribution in [0.5, 0.6) is 0 Å². The summed E-state index contributed by atoms with van der Waals surface area (Å²) in [6.07, 6.45) is 2.15. The zero-order chi connectivity index (χ0) is 11.5. The highest BCUT2D eigenvalue weighted by atomic mass is 16.3. The molecule has 16 heavy (non-hydrogen) atoms. The summed E-state index contributed by atoms with van der Waals surface area (Å²) in [6.45, 7) is 3.25. The predicted octanol–water partition coefficient (Wildman–Crippen LogP) is 1.45. The van der Waals surface area contributed by atoms with Crippen LogP contribution in [0.1, 0.15) is 24.0 Å². The fourth-order valence-corrected chi connectivity index (χ4v) is 2.46. The lowest BCUT2D eigenvalue weighted by Gasteiger charge is -2.27. The van der Waals surface area contributed by atoms with Crippen LogP contribution in [0.25, 0.3) is 0 Å². The summed E-state index contributed by atoms with van der Waals surface area (Å²) in [5.41, 5.74) is 3.19. The average molecular weight is 221 g/mol. The van der Waals surface area contributed by atoms with E-state index in [1.54, 1.807) is 0 Å². The lowest BCUT2D eigenvalue weighted by molar-refractivity contribution is 0.264. The molecular formula is C13H19NO2. The number of rotatable bonds is 3. The van der Waals surface area contributed by atoms with E-state index in [1.807, 2.05) is 13.0 Å². The van der Waals surface area contributed by atoms with E-state index in [9.17, 15) is 10.2 Å². The van der Waals surface area contributed by atoms with Crippen molar-refractivity contribution < 1.29 is 10.2 Å². The first kappa shape index (κ1) is 11.4.